The van der Waals surface area contributed by atoms with E-state index in [9.17, 15) is 0 Å². The van der Waals surface area contributed by atoms with Crippen LogP contribution in [-0.2, 0) is 5.88 Å². The Morgan fingerprint density at radius 3 is 2.93 bits per heavy atom. The van der Waals surface area contributed by atoms with Crippen molar-refractivity contribution in [2.45, 2.75) is 5.88 Å². The molecule has 0 amide bonds. The third kappa shape index (κ3) is 1.58. The summed E-state index contributed by atoms with van der Waals surface area (Å²) in [6.45, 7) is 0. The number of aromatic nitrogens is 4. The monoisotopic (exact) mass is 228 g/mol. The smallest absolute Gasteiger partial charge is 0.174 e. The zero-order valence-electron chi connectivity index (χ0n) is 7.06. The van der Waals surface area contributed by atoms with E-state index < -0.39 is 0 Å². The molecule has 72 valence electrons. The number of halogens is 2. The van der Waals surface area contributed by atoms with Gasteiger partial charge in [-0.25, -0.2) is 9.97 Å². The molecule has 0 fully saturated rings. The van der Waals surface area contributed by atoms with E-state index in [1.807, 2.05) is 0 Å². The molecule has 0 aliphatic rings. The molecule has 0 saturated carbocycles. The topological polar surface area (TPSA) is 43.6 Å². The van der Waals surface area contributed by atoms with Gasteiger partial charge in [0, 0.05) is 6.20 Å². The van der Waals surface area contributed by atoms with Crippen LogP contribution >= 0.6 is 23.2 Å². The van der Waals surface area contributed by atoms with Gasteiger partial charge < -0.3 is 0 Å². The predicted molar refractivity (Wildman–Crippen MR) is 53.7 cm³/mol. The molecule has 0 aliphatic carbocycles. The lowest BCUT2D eigenvalue weighted by Crippen LogP contribution is -2.04. The normalized spacial score (nSPS) is 10.4. The summed E-state index contributed by atoms with van der Waals surface area (Å²) in [5, 5.41) is 4.51. The maximum Gasteiger partial charge on any atom is 0.174 e. The molecule has 2 heterocycles. The first-order valence-electron chi connectivity index (χ1n) is 3.88. The molecule has 2 aromatic heterocycles. The summed E-state index contributed by atoms with van der Waals surface area (Å²) < 4.78 is 1.52. The molecule has 0 radical (unpaired) electrons. The van der Waals surface area contributed by atoms with Crippen molar-refractivity contribution in [1.82, 2.24) is 19.7 Å². The van der Waals surface area contributed by atoms with E-state index >= 15 is 0 Å². The molecule has 0 spiro atoms. The SMILES string of the molecule is ClCc1ncnn1-c1ncccc1Cl. The Kier molecular flexibility index (Phi) is 2.65. The van der Waals surface area contributed by atoms with Crippen molar-refractivity contribution < 1.29 is 0 Å². The van der Waals surface area contributed by atoms with Crippen LogP contribution in [0.25, 0.3) is 5.82 Å². The molecule has 0 unspecified atom stereocenters. The highest BCUT2D eigenvalue weighted by Gasteiger charge is 2.09. The third-order valence-corrected chi connectivity index (χ3v) is 2.21. The number of pyridine rings is 1. The van der Waals surface area contributed by atoms with Crippen LogP contribution < -0.4 is 0 Å². The van der Waals surface area contributed by atoms with E-state index in [4.69, 9.17) is 23.2 Å². The lowest BCUT2D eigenvalue weighted by atomic mass is 10.4. The molecule has 0 atom stereocenters. The van der Waals surface area contributed by atoms with Crippen molar-refractivity contribution in [3.05, 3.63) is 35.5 Å². The number of hydrogen-bond acceptors (Lipinski definition) is 3. The second kappa shape index (κ2) is 3.94. The zero-order valence-corrected chi connectivity index (χ0v) is 8.57. The van der Waals surface area contributed by atoms with Gasteiger partial charge in [-0.05, 0) is 12.1 Å². The van der Waals surface area contributed by atoms with Crippen molar-refractivity contribution in [3.63, 3.8) is 0 Å². The molecule has 4 nitrogen and oxygen atoms in total. The van der Waals surface area contributed by atoms with E-state index in [-0.39, 0.29) is 5.88 Å². The van der Waals surface area contributed by atoms with E-state index in [1.165, 1.54) is 11.0 Å². The molecular weight excluding hydrogens is 223 g/mol. The second-order valence-electron chi connectivity index (χ2n) is 2.53. The van der Waals surface area contributed by atoms with Gasteiger partial charge in [0.05, 0.1) is 10.9 Å². The Bertz CT molecular complexity index is 440. The Hall–Kier alpha value is -1.13. The van der Waals surface area contributed by atoms with Crippen molar-refractivity contribution in [3.8, 4) is 5.82 Å². The van der Waals surface area contributed by atoms with Gasteiger partial charge in [0.15, 0.2) is 5.82 Å². The van der Waals surface area contributed by atoms with Crippen molar-refractivity contribution >= 4 is 23.2 Å². The van der Waals surface area contributed by atoms with Gasteiger partial charge in [-0.15, -0.1) is 11.6 Å². The van der Waals surface area contributed by atoms with Crippen molar-refractivity contribution in [1.29, 1.82) is 0 Å². The van der Waals surface area contributed by atoms with Gasteiger partial charge in [-0.3, -0.25) is 0 Å². The van der Waals surface area contributed by atoms with E-state index in [1.54, 1.807) is 18.3 Å². The maximum atomic E-state index is 5.95. The van der Waals surface area contributed by atoms with Gasteiger partial charge in [-0.2, -0.15) is 9.78 Å². The Morgan fingerprint density at radius 1 is 1.36 bits per heavy atom. The highest BCUT2D eigenvalue weighted by atomic mass is 35.5. The van der Waals surface area contributed by atoms with Crippen LogP contribution in [-0.4, -0.2) is 19.7 Å². The average molecular weight is 229 g/mol. The molecule has 0 N–H and O–H groups in total. The quantitative estimate of drug-likeness (QED) is 0.740. The summed E-state index contributed by atoms with van der Waals surface area (Å²) in [5.41, 5.74) is 0. The standard InChI is InChI=1S/C8H6Cl2N4/c9-4-7-12-5-13-14(7)8-6(10)2-1-3-11-8/h1-3,5H,4H2. The van der Waals surface area contributed by atoms with Gasteiger partial charge in [-0.1, -0.05) is 11.6 Å². The summed E-state index contributed by atoms with van der Waals surface area (Å²) in [7, 11) is 0. The number of alkyl halides is 1. The largest absolute Gasteiger partial charge is 0.236 e. The molecule has 2 aromatic rings. The highest BCUT2D eigenvalue weighted by molar-refractivity contribution is 6.32. The minimum Gasteiger partial charge on any atom is -0.236 e. The summed E-state index contributed by atoms with van der Waals surface area (Å²) in [6.07, 6.45) is 3.06. The highest BCUT2D eigenvalue weighted by Crippen LogP contribution is 2.17. The van der Waals surface area contributed by atoms with Crippen LogP contribution in [0.2, 0.25) is 5.02 Å². The second-order valence-corrected chi connectivity index (χ2v) is 3.20. The van der Waals surface area contributed by atoms with Crippen LogP contribution in [0.4, 0.5) is 0 Å². The first-order chi connectivity index (χ1) is 6.83. The zero-order chi connectivity index (χ0) is 9.97. The minimum atomic E-state index is 0.271. The van der Waals surface area contributed by atoms with Gasteiger partial charge in [0.1, 0.15) is 12.2 Å². The van der Waals surface area contributed by atoms with Crippen molar-refractivity contribution in [2.24, 2.45) is 0 Å². The fourth-order valence-electron chi connectivity index (χ4n) is 1.07. The third-order valence-electron chi connectivity index (χ3n) is 1.68. The van der Waals surface area contributed by atoms with Gasteiger partial charge >= 0.3 is 0 Å². The van der Waals surface area contributed by atoms with Crippen LogP contribution in [0, 0.1) is 0 Å². The van der Waals surface area contributed by atoms with Crippen LogP contribution in [0.1, 0.15) is 5.82 Å². The van der Waals surface area contributed by atoms with Crippen LogP contribution in [0.3, 0.4) is 0 Å². The maximum absolute atomic E-state index is 5.95. The Balaban J connectivity index is 2.54. The average Bonchev–Trinajstić information content (AvgIpc) is 2.66. The number of nitrogens with zero attached hydrogens (tertiary/aromatic N) is 4. The summed E-state index contributed by atoms with van der Waals surface area (Å²) in [4.78, 5) is 8.07. The minimum absolute atomic E-state index is 0.271. The molecule has 0 aliphatic heterocycles. The number of hydrogen-bond donors (Lipinski definition) is 0. The Labute approximate surface area is 90.5 Å². The van der Waals surface area contributed by atoms with Crippen LogP contribution in [0.5, 0.6) is 0 Å². The summed E-state index contributed by atoms with van der Waals surface area (Å²) in [5.74, 6) is 1.43. The van der Waals surface area contributed by atoms with Gasteiger partial charge in [0.25, 0.3) is 0 Å². The summed E-state index contributed by atoms with van der Waals surface area (Å²) in [6, 6.07) is 3.49. The molecule has 6 heteroatoms. The lowest BCUT2D eigenvalue weighted by molar-refractivity contribution is 0.805. The van der Waals surface area contributed by atoms with E-state index in [0.29, 0.717) is 16.7 Å². The molecular formula is C8H6Cl2N4. The van der Waals surface area contributed by atoms with Gasteiger partial charge in [0.2, 0.25) is 0 Å². The fourth-order valence-corrected chi connectivity index (χ4v) is 1.45. The first-order valence-corrected chi connectivity index (χ1v) is 4.80. The van der Waals surface area contributed by atoms with Crippen molar-refractivity contribution in [2.75, 3.05) is 0 Å². The molecule has 0 aromatic carbocycles. The van der Waals surface area contributed by atoms with E-state index in [2.05, 4.69) is 15.1 Å². The molecule has 0 saturated heterocycles. The summed E-state index contributed by atoms with van der Waals surface area (Å²) >= 11 is 11.6. The lowest BCUT2D eigenvalue weighted by Gasteiger charge is -2.03. The fraction of sp³-hybridized carbons (Fsp3) is 0.125. The van der Waals surface area contributed by atoms with E-state index in [0.717, 1.165) is 0 Å². The molecule has 14 heavy (non-hydrogen) atoms. The van der Waals surface area contributed by atoms with Crippen LogP contribution in [0.15, 0.2) is 24.7 Å². The Morgan fingerprint density at radius 2 is 2.21 bits per heavy atom. The predicted octanol–water partition coefficient (Wildman–Crippen LogP) is 2.05. The number of rotatable bonds is 2. The molecule has 0 bridgehead atoms. The first kappa shape index (κ1) is 9.43. The molecule has 2 rings (SSSR count).